The standard InChI is InChI=1S/C15H26N4/c1-15(2)10-16-14-18-17-13(19(14)11-15)9-8-12-6-4-3-5-7-12/h12H,3-11H2,1-2H3,(H,16,18). The quantitative estimate of drug-likeness (QED) is 0.909. The van der Waals surface area contributed by atoms with Crippen LogP contribution in [0.5, 0.6) is 0 Å². The fourth-order valence-electron chi connectivity index (χ4n) is 3.43. The van der Waals surface area contributed by atoms with Crippen molar-refractivity contribution in [1.82, 2.24) is 14.8 Å². The van der Waals surface area contributed by atoms with Crippen LogP contribution in [0.15, 0.2) is 0 Å². The fourth-order valence-corrected chi connectivity index (χ4v) is 3.43. The van der Waals surface area contributed by atoms with Crippen LogP contribution >= 0.6 is 0 Å². The predicted octanol–water partition coefficient (Wildman–Crippen LogP) is 3.24. The van der Waals surface area contributed by atoms with Crippen LogP contribution in [0.4, 0.5) is 5.95 Å². The van der Waals surface area contributed by atoms with Gasteiger partial charge in [-0.05, 0) is 12.3 Å². The Morgan fingerprint density at radius 3 is 2.79 bits per heavy atom. The van der Waals surface area contributed by atoms with Gasteiger partial charge in [-0.3, -0.25) is 4.57 Å². The molecule has 1 aromatic rings. The van der Waals surface area contributed by atoms with Crippen LogP contribution in [0.1, 0.15) is 58.2 Å². The minimum Gasteiger partial charge on any atom is -0.354 e. The normalized spacial score (nSPS) is 22.8. The zero-order chi connectivity index (χ0) is 13.3. The Balaban J connectivity index is 1.64. The minimum absolute atomic E-state index is 0.301. The summed E-state index contributed by atoms with van der Waals surface area (Å²) in [7, 11) is 0. The third-order valence-corrected chi connectivity index (χ3v) is 4.64. The lowest BCUT2D eigenvalue weighted by Gasteiger charge is -2.31. The first-order valence-electron chi connectivity index (χ1n) is 7.80. The van der Waals surface area contributed by atoms with Crippen LogP contribution in [-0.2, 0) is 13.0 Å². The maximum Gasteiger partial charge on any atom is 0.224 e. The number of hydrogen-bond acceptors (Lipinski definition) is 3. The smallest absolute Gasteiger partial charge is 0.224 e. The van der Waals surface area contributed by atoms with Gasteiger partial charge in [-0.15, -0.1) is 10.2 Å². The van der Waals surface area contributed by atoms with Crippen LogP contribution in [0.3, 0.4) is 0 Å². The summed E-state index contributed by atoms with van der Waals surface area (Å²) in [5.74, 6) is 3.07. The van der Waals surface area contributed by atoms with Gasteiger partial charge in [-0.2, -0.15) is 0 Å². The largest absolute Gasteiger partial charge is 0.354 e. The number of anilines is 1. The Labute approximate surface area is 116 Å². The Kier molecular flexibility index (Phi) is 3.50. The van der Waals surface area contributed by atoms with Crippen molar-refractivity contribution in [2.24, 2.45) is 11.3 Å². The number of hydrogen-bond donors (Lipinski definition) is 1. The van der Waals surface area contributed by atoms with Gasteiger partial charge in [0.15, 0.2) is 0 Å². The highest BCUT2D eigenvalue weighted by molar-refractivity contribution is 5.29. The molecule has 1 aliphatic heterocycles. The molecule has 0 amide bonds. The summed E-state index contributed by atoms with van der Waals surface area (Å²) in [4.78, 5) is 0. The summed E-state index contributed by atoms with van der Waals surface area (Å²) >= 11 is 0. The van der Waals surface area contributed by atoms with Crippen LogP contribution in [-0.4, -0.2) is 21.3 Å². The molecule has 0 radical (unpaired) electrons. The molecule has 0 atom stereocenters. The molecule has 2 aliphatic rings. The van der Waals surface area contributed by atoms with E-state index < -0.39 is 0 Å². The van der Waals surface area contributed by atoms with Crippen molar-refractivity contribution in [3.8, 4) is 0 Å². The van der Waals surface area contributed by atoms with Crippen LogP contribution in [0.25, 0.3) is 0 Å². The summed E-state index contributed by atoms with van der Waals surface area (Å²) in [6.45, 7) is 6.64. The van der Waals surface area contributed by atoms with E-state index in [0.29, 0.717) is 5.41 Å². The second-order valence-electron chi connectivity index (χ2n) is 7.09. The number of fused-ring (bicyclic) bond motifs is 1. The molecule has 1 aromatic heterocycles. The number of rotatable bonds is 3. The molecule has 19 heavy (non-hydrogen) atoms. The highest BCUT2D eigenvalue weighted by Gasteiger charge is 2.28. The van der Waals surface area contributed by atoms with Crippen molar-refractivity contribution < 1.29 is 0 Å². The topological polar surface area (TPSA) is 42.7 Å². The van der Waals surface area contributed by atoms with E-state index in [1.807, 2.05) is 0 Å². The van der Waals surface area contributed by atoms with E-state index in [4.69, 9.17) is 0 Å². The van der Waals surface area contributed by atoms with Crippen molar-refractivity contribution in [2.75, 3.05) is 11.9 Å². The zero-order valence-electron chi connectivity index (χ0n) is 12.3. The number of aryl methyl sites for hydroxylation is 1. The Morgan fingerprint density at radius 2 is 2.00 bits per heavy atom. The van der Waals surface area contributed by atoms with E-state index in [0.717, 1.165) is 31.4 Å². The molecule has 0 saturated heterocycles. The molecule has 0 bridgehead atoms. The summed E-state index contributed by atoms with van der Waals surface area (Å²) in [6.07, 6.45) is 9.52. The second-order valence-corrected chi connectivity index (χ2v) is 7.09. The van der Waals surface area contributed by atoms with Crippen molar-refractivity contribution in [3.63, 3.8) is 0 Å². The molecule has 106 valence electrons. The third-order valence-electron chi connectivity index (χ3n) is 4.64. The van der Waals surface area contributed by atoms with Crippen molar-refractivity contribution >= 4 is 5.95 Å². The predicted molar refractivity (Wildman–Crippen MR) is 77.2 cm³/mol. The summed E-state index contributed by atoms with van der Waals surface area (Å²) in [5, 5.41) is 12.1. The Hall–Kier alpha value is -1.06. The Morgan fingerprint density at radius 1 is 1.21 bits per heavy atom. The lowest BCUT2D eigenvalue weighted by molar-refractivity contribution is 0.299. The van der Waals surface area contributed by atoms with Crippen LogP contribution < -0.4 is 5.32 Å². The number of nitrogens with zero attached hydrogens (tertiary/aromatic N) is 3. The average Bonchev–Trinajstić information content (AvgIpc) is 2.78. The van der Waals surface area contributed by atoms with Crippen molar-refractivity contribution in [2.45, 2.75) is 65.3 Å². The lowest BCUT2D eigenvalue weighted by Crippen LogP contribution is -2.35. The first kappa shape index (κ1) is 12.9. The molecule has 4 heteroatoms. The molecule has 1 fully saturated rings. The van der Waals surface area contributed by atoms with E-state index in [1.165, 1.54) is 44.3 Å². The maximum atomic E-state index is 4.40. The SMILES string of the molecule is CC1(C)CNc2nnc(CCC3CCCCC3)n2C1. The van der Waals surface area contributed by atoms with Crippen molar-refractivity contribution in [1.29, 1.82) is 0 Å². The van der Waals surface area contributed by atoms with Gasteiger partial charge in [0, 0.05) is 24.9 Å². The van der Waals surface area contributed by atoms with E-state index >= 15 is 0 Å². The molecule has 0 aromatic carbocycles. The maximum absolute atomic E-state index is 4.40. The molecule has 1 aliphatic carbocycles. The summed E-state index contributed by atoms with van der Waals surface area (Å²) < 4.78 is 2.30. The monoisotopic (exact) mass is 262 g/mol. The fraction of sp³-hybridized carbons (Fsp3) is 0.867. The highest BCUT2D eigenvalue weighted by Crippen LogP contribution is 2.30. The molecule has 0 spiro atoms. The van der Waals surface area contributed by atoms with Gasteiger partial charge in [-0.1, -0.05) is 46.0 Å². The van der Waals surface area contributed by atoms with Crippen molar-refractivity contribution in [3.05, 3.63) is 5.82 Å². The van der Waals surface area contributed by atoms with E-state index in [2.05, 4.69) is 33.9 Å². The van der Waals surface area contributed by atoms with Gasteiger partial charge in [0.25, 0.3) is 0 Å². The third kappa shape index (κ3) is 2.93. The van der Waals surface area contributed by atoms with E-state index in [9.17, 15) is 0 Å². The molecular weight excluding hydrogens is 236 g/mol. The Bertz CT molecular complexity index is 429. The number of nitrogens with one attached hydrogen (secondary N) is 1. The van der Waals surface area contributed by atoms with Gasteiger partial charge < -0.3 is 5.32 Å². The lowest BCUT2D eigenvalue weighted by atomic mass is 9.86. The molecule has 2 heterocycles. The molecule has 0 unspecified atom stereocenters. The summed E-state index contributed by atoms with van der Waals surface area (Å²) in [5.41, 5.74) is 0.301. The van der Waals surface area contributed by atoms with E-state index in [1.54, 1.807) is 0 Å². The van der Waals surface area contributed by atoms with Gasteiger partial charge in [0.1, 0.15) is 5.82 Å². The van der Waals surface area contributed by atoms with Crippen LogP contribution in [0.2, 0.25) is 0 Å². The van der Waals surface area contributed by atoms with Crippen LogP contribution in [0, 0.1) is 11.3 Å². The highest BCUT2D eigenvalue weighted by atomic mass is 15.4. The van der Waals surface area contributed by atoms with Gasteiger partial charge in [-0.25, -0.2) is 0 Å². The molecule has 3 rings (SSSR count). The minimum atomic E-state index is 0.301. The van der Waals surface area contributed by atoms with Gasteiger partial charge in [0.05, 0.1) is 0 Å². The first-order valence-corrected chi connectivity index (χ1v) is 7.80. The zero-order valence-corrected chi connectivity index (χ0v) is 12.3. The number of aromatic nitrogens is 3. The summed E-state index contributed by atoms with van der Waals surface area (Å²) in [6, 6.07) is 0. The van der Waals surface area contributed by atoms with E-state index in [-0.39, 0.29) is 0 Å². The van der Waals surface area contributed by atoms with Gasteiger partial charge in [0.2, 0.25) is 5.95 Å². The molecule has 1 saturated carbocycles. The molecule has 1 N–H and O–H groups in total. The van der Waals surface area contributed by atoms with Gasteiger partial charge >= 0.3 is 0 Å². The first-order chi connectivity index (χ1) is 9.14. The molecule has 4 nitrogen and oxygen atoms in total. The average molecular weight is 262 g/mol. The molecular formula is C15H26N4. The second kappa shape index (κ2) is 5.14.